The van der Waals surface area contributed by atoms with Crippen LogP contribution in [-0.4, -0.2) is 51.2 Å². The van der Waals surface area contributed by atoms with Crippen molar-refractivity contribution in [1.29, 1.82) is 0 Å². The summed E-state index contributed by atoms with van der Waals surface area (Å²) in [5, 5.41) is 1.17. The number of benzene rings is 1. The van der Waals surface area contributed by atoms with Crippen LogP contribution >= 0.6 is 0 Å². The number of likely N-dealkylation sites (tertiary alicyclic amines) is 1. The zero-order valence-corrected chi connectivity index (χ0v) is 15.6. The lowest BCUT2D eigenvalue weighted by atomic mass is 9.89. The summed E-state index contributed by atoms with van der Waals surface area (Å²) >= 11 is 0. The Labute approximate surface area is 163 Å². The molecule has 6 heteroatoms. The topological polar surface area (TPSA) is 69.3 Å². The van der Waals surface area contributed by atoms with Crippen LogP contribution in [0.25, 0.3) is 11.0 Å². The van der Waals surface area contributed by atoms with E-state index < -0.39 is 0 Å². The zero-order valence-electron chi connectivity index (χ0n) is 15.6. The summed E-state index contributed by atoms with van der Waals surface area (Å²) in [4.78, 5) is 36.4. The Morgan fingerprint density at radius 3 is 2.79 bits per heavy atom. The number of rotatable bonds is 3. The van der Waals surface area contributed by atoms with Crippen LogP contribution in [0.1, 0.15) is 40.2 Å². The average molecular weight is 374 g/mol. The van der Waals surface area contributed by atoms with Crippen molar-refractivity contribution in [3.05, 3.63) is 65.5 Å². The highest BCUT2D eigenvalue weighted by Gasteiger charge is 2.31. The van der Waals surface area contributed by atoms with Crippen LogP contribution in [0.3, 0.4) is 0 Å². The number of carbonyl (C=O) groups excluding carboxylic acids is 2. The van der Waals surface area contributed by atoms with Crippen LogP contribution in [0.2, 0.25) is 0 Å². The number of aromatic amines is 1. The minimum Gasteiger partial charge on any atom is -0.346 e. The molecule has 142 valence electrons. The smallest absolute Gasteiger partial charge is 0.254 e. The van der Waals surface area contributed by atoms with E-state index in [2.05, 4.69) is 22.2 Å². The fourth-order valence-corrected chi connectivity index (χ4v) is 4.46. The van der Waals surface area contributed by atoms with Gasteiger partial charge in [0.25, 0.3) is 5.91 Å². The molecule has 0 atom stereocenters. The number of piperidine rings is 1. The van der Waals surface area contributed by atoms with Gasteiger partial charge in [-0.05, 0) is 48.1 Å². The Balaban J connectivity index is 1.21. The molecule has 1 saturated heterocycles. The first kappa shape index (κ1) is 17.0. The fraction of sp³-hybridized carbons (Fsp3) is 0.318. The van der Waals surface area contributed by atoms with Crippen molar-refractivity contribution in [3.8, 4) is 0 Å². The summed E-state index contributed by atoms with van der Waals surface area (Å²) in [6.07, 6.45) is 5.71. The number of aromatic nitrogens is 2. The average Bonchev–Trinajstić information content (AvgIpc) is 3.30. The SMILES string of the molecule is O=C(CN1Cc2ccccc2C1=O)N1CCC(c2c[nH]c3ncccc23)CC1. The Bertz CT molecular complexity index is 1050. The summed E-state index contributed by atoms with van der Waals surface area (Å²) < 4.78 is 0. The van der Waals surface area contributed by atoms with Gasteiger partial charge in [-0.1, -0.05) is 18.2 Å². The van der Waals surface area contributed by atoms with Crippen molar-refractivity contribution >= 4 is 22.8 Å². The maximum atomic E-state index is 12.8. The molecule has 4 heterocycles. The van der Waals surface area contributed by atoms with Crippen LogP contribution in [0.5, 0.6) is 0 Å². The van der Waals surface area contributed by atoms with Crippen LogP contribution < -0.4 is 0 Å². The molecule has 3 aromatic rings. The largest absolute Gasteiger partial charge is 0.346 e. The van der Waals surface area contributed by atoms with Gasteiger partial charge in [0.05, 0.1) is 0 Å². The predicted molar refractivity (Wildman–Crippen MR) is 106 cm³/mol. The van der Waals surface area contributed by atoms with Crippen molar-refractivity contribution in [2.45, 2.75) is 25.3 Å². The van der Waals surface area contributed by atoms with Crippen LogP contribution in [0, 0.1) is 0 Å². The van der Waals surface area contributed by atoms with E-state index in [1.54, 1.807) is 11.1 Å². The van der Waals surface area contributed by atoms with E-state index in [0.717, 1.165) is 42.7 Å². The minimum atomic E-state index is -0.0369. The second kappa shape index (κ2) is 6.78. The van der Waals surface area contributed by atoms with E-state index in [1.165, 1.54) is 10.9 Å². The summed E-state index contributed by atoms with van der Waals surface area (Å²) in [7, 11) is 0. The molecular formula is C22H22N4O2. The highest BCUT2D eigenvalue weighted by Crippen LogP contribution is 2.32. The van der Waals surface area contributed by atoms with E-state index in [0.29, 0.717) is 12.5 Å². The molecule has 0 radical (unpaired) electrons. The molecule has 2 amide bonds. The molecule has 2 aromatic heterocycles. The standard InChI is InChI=1S/C22H22N4O2/c27-20(14-26-13-16-4-1-2-5-17(16)22(26)28)25-10-7-15(8-11-25)19-12-24-21-18(19)6-3-9-23-21/h1-6,9,12,15H,7-8,10-11,13-14H2,(H,23,24). The van der Waals surface area contributed by atoms with E-state index >= 15 is 0 Å². The predicted octanol–water partition coefficient (Wildman–Crippen LogP) is 2.92. The summed E-state index contributed by atoms with van der Waals surface area (Å²) in [5.41, 5.74) is 3.94. The van der Waals surface area contributed by atoms with Crippen molar-refractivity contribution in [3.63, 3.8) is 0 Å². The second-order valence-corrected chi connectivity index (χ2v) is 7.62. The molecule has 1 fully saturated rings. The number of carbonyl (C=O) groups is 2. The van der Waals surface area contributed by atoms with Gasteiger partial charge in [-0.15, -0.1) is 0 Å². The van der Waals surface area contributed by atoms with E-state index in [1.807, 2.05) is 35.2 Å². The first-order chi connectivity index (χ1) is 13.7. The van der Waals surface area contributed by atoms with Gasteiger partial charge < -0.3 is 14.8 Å². The van der Waals surface area contributed by atoms with E-state index in [9.17, 15) is 9.59 Å². The second-order valence-electron chi connectivity index (χ2n) is 7.62. The highest BCUT2D eigenvalue weighted by atomic mass is 16.2. The number of nitrogens with zero attached hydrogens (tertiary/aromatic N) is 3. The number of pyridine rings is 1. The third-order valence-corrected chi connectivity index (χ3v) is 5.99. The number of H-pyrrole nitrogens is 1. The van der Waals surface area contributed by atoms with Gasteiger partial charge in [-0.3, -0.25) is 9.59 Å². The molecule has 2 aliphatic heterocycles. The third-order valence-electron chi connectivity index (χ3n) is 5.99. The molecule has 5 rings (SSSR count). The van der Waals surface area contributed by atoms with Gasteiger partial charge in [-0.2, -0.15) is 0 Å². The van der Waals surface area contributed by atoms with E-state index in [4.69, 9.17) is 0 Å². The maximum absolute atomic E-state index is 12.8. The Kier molecular flexibility index (Phi) is 4.11. The van der Waals surface area contributed by atoms with E-state index in [-0.39, 0.29) is 18.4 Å². The first-order valence-corrected chi connectivity index (χ1v) is 9.77. The maximum Gasteiger partial charge on any atom is 0.254 e. The molecule has 0 spiro atoms. The quantitative estimate of drug-likeness (QED) is 0.766. The zero-order chi connectivity index (χ0) is 19.1. The Morgan fingerprint density at radius 2 is 1.96 bits per heavy atom. The minimum absolute atomic E-state index is 0.0369. The van der Waals surface area contributed by atoms with Crippen molar-refractivity contribution in [2.75, 3.05) is 19.6 Å². The number of fused-ring (bicyclic) bond motifs is 2. The molecule has 6 nitrogen and oxygen atoms in total. The van der Waals surface area contributed by atoms with Gasteiger partial charge in [0.15, 0.2) is 0 Å². The van der Waals surface area contributed by atoms with Gasteiger partial charge in [-0.25, -0.2) is 4.98 Å². The molecule has 1 aromatic carbocycles. The van der Waals surface area contributed by atoms with Gasteiger partial charge >= 0.3 is 0 Å². The van der Waals surface area contributed by atoms with Gasteiger partial charge in [0.2, 0.25) is 5.91 Å². The Hall–Kier alpha value is -3.15. The van der Waals surface area contributed by atoms with Crippen molar-refractivity contribution < 1.29 is 9.59 Å². The lowest BCUT2D eigenvalue weighted by Gasteiger charge is -2.33. The molecule has 0 aliphatic carbocycles. The third kappa shape index (κ3) is 2.85. The summed E-state index contributed by atoms with van der Waals surface area (Å²) in [6.45, 7) is 2.14. The molecule has 28 heavy (non-hydrogen) atoms. The lowest BCUT2D eigenvalue weighted by Crippen LogP contribution is -2.44. The lowest BCUT2D eigenvalue weighted by molar-refractivity contribution is -0.133. The number of hydrogen-bond acceptors (Lipinski definition) is 3. The number of nitrogens with one attached hydrogen (secondary N) is 1. The number of amides is 2. The number of hydrogen-bond donors (Lipinski definition) is 1. The van der Waals surface area contributed by atoms with Crippen LogP contribution in [0.4, 0.5) is 0 Å². The van der Waals surface area contributed by atoms with Crippen LogP contribution in [0.15, 0.2) is 48.8 Å². The summed E-state index contributed by atoms with van der Waals surface area (Å²) in [6, 6.07) is 11.7. The molecule has 0 bridgehead atoms. The summed E-state index contributed by atoms with van der Waals surface area (Å²) in [5.74, 6) is 0.435. The molecule has 0 saturated carbocycles. The Morgan fingerprint density at radius 1 is 1.14 bits per heavy atom. The highest BCUT2D eigenvalue weighted by molar-refractivity contribution is 6.00. The van der Waals surface area contributed by atoms with Gasteiger partial charge in [0, 0.05) is 43.0 Å². The molecule has 2 aliphatic rings. The monoisotopic (exact) mass is 374 g/mol. The van der Waals surface area contributed by atoms with Crippen molar-refractivity contribution in [1.82, 2.24) is 19.8 Å². The fourth-order valence-electron chi connectivity index (χ4n) is 4.46. The molecule has 0 unspecified atom stereocenters. The van der Waals surface area contributed by atoms with Crippen LogP contribution in [-0.2, 0) is 11.3 Å². The van der Waals surface area contributed by atoms with Crippen molar-refractivity contribution in [2.24, 2.45) is 0 Å². The molecule has 1 N–H and O–H groups in total. The molecular weight excluding hydrogens is 352 g/mol. The first-order valence-electron chi connectivity index (χ1n) is 9.77. The van der Waals surface area contributed by atoms with Gasteiger partial charge in [0.1, 0.15) is 12.2 Å². The normalized spacial score (nSPS) is 17.4.